The molecule has 1 atom stereocenters. The van der Waals surface area contributed by atoms with Gasteiger partial charge >= 0.3 is 0 Å². The topological polar surface area (TPSA) is 52.8 Å². The molecular weight excluding hydrogens is 216 g/mol. The molecule has 1 aromatic heterocycles. The van der Waals surface area contributed by atoms with Crippen molar-refractivity contribution < 1.29 is 4.74 Å². The maximum absolute atomic E-state index is 5.98. The van der Waals surface area contributed by atoms with Gasteiger partial charge in [-0.1, -0.05) is 0 Å². The van der Waals surface area contributed by atoms with Crippen LogP contribution >= 0.6 is 11.6 Å². The molecule has 0 radical (unpaired) electrons. The van der Waals surface area contributed by atoms with Crippen LogP contribution in [0.1, 0.15) is 31.0 Å². The van der Waals surface area contributed by atoms with Crippen molar-refractivity contribution >= 4 is 11.6 Å². The average molecular weight is 231 g/mol. The standard InChI is InChI=1S/C9H15ClN4O/c1-7(10)9-11-12-13-14(9)6-8-2-4-15-5-3-8/h7-8H,2-6H2,1H3. The number of aromatic nitrogens is 4. The Kier molecular flexibility index (Phi) is 3.53. The minimum atomic E-state index is -0.139. The Morgan fingerprint density at radius 1 is 1.53 bits per heavy atom. The lowest BCUT2D eigenvalue weighted by Gasteiger charge is -2.22. The van der Waals surface area contributed by atoms with Crippen molar-refractivity contribution in [3.8, 4) is 0 Å². The van der Waals surface area contributed by atoms with E-state index in [0.717, 1.165) is 38.4 Å². The zero-order valence-corrected chi connectivity index (χ0v) is 9.52. The van der Waals surface area contributed by atoms with Crippen LogP contribution in [0.2, 0.25) is 0 Å². The number of tetrazole rings is 1. The van der Waals surface area contributed by atoms with E-state index in [0.29, 0.717) is 5.92 Å². The summed E-state index contributed by atoms with van der Waals surface area (Å²) in [5.41, 5.74) is 0. The van der Waals surface area contributed by atoms with E-state index in [9.17, 15) is 0 Å². The molecule has 5 nitrogen and oxygen atoms in total. The summed E-state index contributed by atoms with van der Waals surface area (Å²) in [6.45, 7) is 4.42. The van der Waals surface area contributed by atoms with Gasteiger partial charge in [-0.2, -0.15) is 0 Å². The van der Waals surface area contributed by atoms with E-state index in [-0.39, 0.29) is 5.38 Å². The predicted molar refractivity (Wildman–Crippen MR) is 55.6 cm³/mol. The highest BCUT2D eigenvalue weighted by atomic mass is 35.5. The third-order valence-corrected chi connectivity index (χ3v) is 2.88. The van der Waals surface area contributed by atoms with Crippen molar-refractivity contribution in [2.24, 2.45) is 5.92 Å². The Morgan fingerprint density at radius 2 is 2.27 bits per heavy atom. The van der Waals surface area contributed by atoms with Gasteiger partial charge in [0.2, 0.25) is 0 Å². The van der Waals surface area contributed by atoms with Crippen LogP contribution in [0, 0.1) is 5.92 Å². The molecule has 6 heteroatoms. The van der Waals surface area contributed by atoms with Gasteiger partial charge in [-0.15, -0.1) is 16.7 Å². The summed E-state index contributed by atoms with van der Waals surface area (Å²) in [6.07, 6.45) is 2.16. The Balaban J connectivity index is 1.99. The molecule has 0 aliphatic carbocycles. The second-order valence-corrected chi connectivity index (χ2v) is 4.55. The molecule has 15 heavy (non-hydrogen) atoms. The molecule has 2 rings (SSSR count). The number of ether oxygens (including phenoxy) is 1. The summed E-state index contributed by atoms with van der Waals surface area (Å²) in [5.74, 6) is 1.36. The van der Waals surface area contributed by atoms with Crippen LogP contribution in [0.15, 0.2) is 0 Å². The van der Waals surface area contributed by atoms with Crippen LogP contribution in [0.25, 0.3) is 0 Å². The summed E-state index contributed by atoms with van der Waals surface area (Å²) >= 11 is 5.98. The van der Waals surface area contributed by atoms with Crippen molar-refractivity contribution in [3.05, 3.63) is 5.82 Å². The van der Waals surface area contributed by atoms with Gasteiger partial charge in [-0.25, -0.2) is 4.68 Å². The lowest BCUT2D eigenvalue weighted by atomic mass is 10.0. The van der Waals surface area contributed by atoms with E-state index in [2.05, 4.69) is 15.5 Å². The number of hydrogen-bond acceptors (Lipinski definition) is 4. The molecule has 0 amide bonds. The third kappa shape index (κ3) is 2.66. The summed E-state index contributed by atoms with van der Waals surface area (Å²) in [7, 11) is 0. The van der Waals surface area contributed by atoms with E-state index in [1.54, 1.807) is 0 Å². The largest absolute Gasteiger partial charge is 0.381 e. The summed E-state index contributed by atoms with van der Waals surface area (Å²) in [6, 6.07) is 0. The molecule has 0 N–H and O–H groups in total. The van der Waals surface area contributed by atoms with E-state index < -0.39 is 0 Å². The third-order valence-electron chi connectivity index (χ3n) is 2.69. The molecular formula is C9H15ClN4O. The smallest absolute Gasteiger partial charge is 0.168 e. The first kappa shape index (κ1) is 10.8. The van der Waals surface area contributed by atoms with Gasteiger partial charge in [0.05, 0.1) is 5.38 Å². The number of hydrogen-bond donors (Lipinski definition) is 0. The Bertz CT molecular complexity index is 309. The Morgan fingerprint density at radius 3 is 2.93 bits per heavy atom. The second-order valence-electron chi connectivity index (χ2n) is 3.89. The van der Waals surface area contributed by atoms with Gasteiger partial charge in [0, 0.05) is 19.8 Å². The highest BCUT2D eigenvalue weighted by molar-refractivity contribution is 6.20. The zero-order valence-electron chi connectivity index (χ0n) is 8.77. The molecule has 1 aliphatic heterocycles. The normalized spacial score (nSPS) is 20.4. The van der Waals surface area contributed by atoms with Crippen LogP contribution in [0.4, 0.5) is 0 Å². The molecule has 0 aromatic carbocycles. The van der Waals surface area contributed by atoms with Crippen LogP contribution in [-0.4, -0.2) is 33.4 Å². The fourth-order valence-corrected chi connectivity index (χ4v) is 1.96. The molecule has 0 saturated carbocycles. The Hall–Kier alpha value is -0.680. The second kappa shape index (κ2) is 4.90. The van der Waals surface area contributed by atoms with E-state index >= 15 is 0 Å². The van der Waals surface area contributed by atoms with E-state index in [1.807, 2.05) is 11.6 Å². The van der Waals surface area contributed by atoms with Crippen LogP contribution in [0.5, 0.6) is 0 Å². The molecule has 84 valence electrons. The van der Waals surface area contributed by atoms with Crippen LogP contribution < -0.4 is 0 Å². The minimum Gasteiger partial charge on any atom is -0.381 e. The maximum Gasteiger partial charge on any atom is 0.168 e. The first-order chi connectivity index (χ1) is 7.27. The zero-order chi connectivity index (χ0) is 10.7. The monoisotopic (exact) mass is 230 g/mol. The maximum atomic E-state index is 5.98. The van der Waals surface area contributed by atoms with Gasteiger partial charge < -0.3 is 4.74 Å². The van der Waals surface area contributed by atoms with E-state index in [4.69, 9.17) is 16.3 Å². The highest BCUT2D eigenvalue weighted by Crippen LogP contribution is 2.20. The van der Waals surface area contributed by atoms with Crippen LogP contribution in [0.3, 0.4) is 0 Å². The molecule has 1 aromatic rings. The fourth-order valence-electron chi connectivity index (χ4n) is 1.80. The fraction of sp³-hybridized carbons (Fsp3) is 0.889. The lowest BCUT2D eigenvalue weighted by molar-refractivity contribution is 0.0596. The quantitative estimate of drug-likeness (QED) is 0.737. The van der Waals surface area contributed by atoms with Gasteiger partial charge in [-0.05, 0) is 36.1 Å². The first-order valence-corrected chi connectivity index (χ1v) is 5.69. The molecule has 0 bridgehead atoms. The number of alkyl halides is 1. The Labute approximate surface area is 93.7 Å². The summed E-state index contributed by atoms with van der Waals surface area (Å²) in [4.78, 5) is 0. The first-order valence-electron chi connectivity index (χ1n) is 5.25. The number of rotatable bonds is 3. The van der Waals surface area contributed by atoms with Crippen molar-refractivity contribution in [1.82, 2.24) is 20.2 Å². The molecule has 1 fully saturated rings. The predicted octanol–water partition coefficient (Wildman–Crippen LogP) is 1.40. The molecule has 0 spiro atoms. The van der Waals surface area contributed by atoms with Gasteiger partial charge in [-0.3, -0.25) is 0 Å². The molecule has 1 aliphatic rings. The number of nitrogens with zero attached hydrogens (tertiary/aromatic N) is 4. The highest BCUT2D eigenvalue weighted by Gasteiger charge is 2.18. The summed E-state index contributed by atoms with van der Waals surface area (Å²) in [5, 5.41) is 11.4. The van der Waals surface area contributed by atoms with Gasteiger partial charge in [0.1, 0.15) is 0 Å². The lowest BCUT2D eigenvalue weighted by Crippen LogP contribution is -2.22. The summed E-state index contributed by atoms with van der Waals surface area (Å²) < 4.78 is 7.12. The molecule has 2 heterocycles. The number of halogens is 1. The molecule has 1 unspecified atom stereocenters. The van der Waals surface area contributed by atoms with Gasteiger partial charge in [0.15, 0.2) is 5.82 Å². The van der Waals surface area contributed by atoms with E-state index in [1.165, 1.54) is 0 Å². The minimum absolute atomic E-state index is 0.139. The van der Waals surface area contributed by atoms with Crippen LogP contribution in [-0.2, 0) is 11.3 Å². The SMILES string of the molecule is CC(Cl)c1nnnn1CC1CCOCC1. The van der Waals surface area contributed by atoms with Crippen molar-refractivity contribution in [3.63, 3.8) is 0 Å². The average Bonchev–Trinajstić information content (AvgIpc) is 2.67. The van der Waals surface area contributed by atoms with Gasteiger partial charge in [0.25, 0.3) is 0 Å². The van der Waals surface area contributed by atoms with Crippen molar-refractivity contribution in [2.45, 2.75) is 31.7 Å². The van der Waals surface area contributed by atoms with Crippen molar-refractivity contribution in [2.75, 3.05) is 13.2 Å². The molecule has 1 saturated heterocycles. The van der Waals surface area contributed by atoms with Crippen molar-refractivity contribution in [1.29, 1.82) is 0 Å².